The molecule has 0 heterocycles. The van der Waals surface area contributed by atoms with Gasteiger partial charge in [0.2, 0.25) is 0 Å². The first-order valence-electron chi connectivity index (χ1n) is 8.21. The molecule has 1 amide bonds. The Kier molecular flexibility index (Phi) is 7.55. The van der Waals surface area contributed by atoms with E-state index in [0.29, 0.717) is 24.1 Å². The molecule has 0 aliphatic rings. The van der Waals surface area contributed by atoms with Gasteiger partial charge in [-0.25, -0.2) is 4.79 Å². The van der Waals surface area contributed by atoms with Gasteiger partial charge in [-0.3, -0.25) is 4.99 Å². The SMILES string of the molecule is CN=C(NCc1cccc(Cl)c1)NCC(C)(C)NC(=O)OC(C)(C)C. The molecule has 7 heteroatoms. The van der Waals surface area contributed by atoms with Gasteiger partial charge in [-0.2, -0.15) is 0 Å². The van der Waals surface area contributed by atoms with E-state index in [1.54, 1.807) is 7.05 Å². The Morgan fingerprint density at radius 3 is 2.44 bits per heavy atom. The number of ether oxygens (including phenoxy) is 1. The van der Waals surface area contributed by atoms with Gasteiger partial charge in [-0.15, -0.1) is 0 Å². The van der Waals surface area contributed by atoms with Crippen LogP contribution in [0.3, 0.4) is 0 Å². The van der Waals surface area contributed by atoms with Crippen LogP contribution in [0.2, 0.25) is 5.02 Å². The molecule has 1 aromatic rings. The molecule has 6 nitrogen and oxygen atoms in total. The number of carbonyl (C=O) groups is 1. The quantitative estimate of drug-likeness (QED) is 0.550. The van der Waals surface area contributed by atoms with E-state index in [2.05, 4.69) is 20.9 Å². The summed E-state index contributed by atoms with van der Waals surface area (Å²) >= 11 is 5.98. The lowest BCUT2D eigenvalue weighted by Gasteiger charge is -2.29. The molecule has 0 saturated heterocycles. The summed E-state index contributed by atoms with van der Waals surface area (Å²) in [5, 5.41) is 9.96. The highest BCUT2D eigenvalue weighted by molar-refractivity contribution is 6.30. The fourth-order valence-electron chi connectivity index (χ4n) is 1.98. The lowest BCUT2D eigenvalue weighted by molar-refractivity contribution is 0.0474. The maximum atomic E-state index is 11.9. The lowest BCUT2D eigenvalue weighted by Crippen LogP contribution is -2.54. The molecule has 140 valence electrons. The second kappa shape index (κ2) is 8.94. The van der Waals surface area contributed by atoms with E-state index in [0.717, 1.165) is 5.56 Å². The molecule has 25 heavy (non-hydrogen) atoms. The number of guanidine groups is 1. The zero-order chi connectivity index (χ0) is 19.1. The number of alkyl carbamates (subject to hydrolysis) is 1. The van der Waals surface area contributed by atoms with Crippen molar-refractivity contribution in [1.29, 1.82) is 0 Å². The van der Waals surface area contributed by atoms with Crippen LogP contribution in [0.1, 0.15) is 40.2 Å². The Morgan fingerprint density at radius 2 is 1.88 bits per heavy atom. The van der Waals surface area contributed by atoms with Crippen molar-refractivity contribution < 1.29 is 9.53 Å². The van der Waals surface area contributed by atoms with Crippen LogP contribution < -0.4 is 16.0 Å². The van der Waals surface area contributed by atoms with E-state index in [9.17, 15) is 4.79 Å². The predicted molar refractivity (Wildman–Crippen MR) is 103 cm³/mol. The van der Waals surface area contributed by atoms with Crippen LogP contribution in [0.5, 0.6) is 0 Å². The highest BCUT2D eigenvalue weighted by Crippen LogP contribution is 2.10. The summed E-state index contributed by atoms with van der Waals surface area (Å²) in [5.41, 5.74) is 0.0274. The zero-order valence-corrected chi connectivity index (χ0v) is 16.6. The predicted octanol–water partition coefficient (Wildman–Crippen LogP) is 3.31. The van der Waals surface area contributed by atoms with E-state index in [1.165, 1.54) is 0 Å². The van der Waals surface area contributed by atoms with Crippen molar-refractivity contribution in [3.63, 3.8) is 0 Å². The number of hydrogen-bond donors (Lipinski definition) is 3. The Bertz CT molecular complexity index is 609. The van der Waals surface area contributed by atoms with Gasteiger partial charge in [-0.05, 0) is 52.3 Å². The number of nitrogens with one attached hydrogen (secondary N) is 3. The summed E-state index contributed by atoms with van der Waals surface area (Å²) in [5.74, 6) is 0.638. The summed E-state index contributed by atoms with van der Waals surface area (Å²) < 4.78 is 5.29. The van der Waals surface area contributed by atoms with Gasteiger partial charge in [0.05, 0.1) is 5.54 Å². The number of halogens is 1. The van der Waals surface area contributed by atoms with Crippen LogP contribution in [0.25, 0.3) is 0 Å². The summed E-state index contributed by atoms with van der Waals surface area (Å²) in [6.45, 7) is 10.4. The summed E-state index contributed by atoms with van der Waals surface area (Å²) in [4.78, 5) is 16.1. The van der Waals surface area contributed by atoms with Crippen molar-refractivity contribution in [2.45, 2.75) is 52.3 Å². The minimum Gasteiger partial charge on any atom is -0.444 e. The first-order valence-corrected chi connectivity index (χ1v) is 8.59. The Morgan fingerprint density at radius 1 is 1.20 bits per heavy atom. The number of carbonyl (C=O) groups excluding carboxylic acids is 1. The van der Waals surface area contributed by atoms with E-state index in [-0.39, 0.29) is 0 Å². The Balaban J connectivity index is 2.48. The summed E-state index contributed by atoms with van der Waals surface area (Å²) in [6.07, 6.45) is -0.443. The fourth-order valence-corrected chi connectivity index (χ4v) is 2.20. The molecular formula is C18H29ClN4O2. The van der Waals surface area contributed by atoms with Gasteiger partial charge in [0.25, 0.3) is 0 Å². The minimum absolute atomic E-state index is 0.443. The Labute approximate surface area is 155 Å². The van der Waals surface area contributed by atoms with Crippen molar-refractivity contribution in [2.75, 3.05) is 13.6 Å². The molecule has 0 spiro atoms. The lowest BCUT2D eigenvalue weighted by atomic mass is 10.1. The number of nitrogens with zero attached hydrogens (tertiary/aromatic N) is 1. The summed E-state index contributed by atoms with van der Waals surface area (Å²) in [7, 11) is 1.70. The van der Waals surface area contributed by atoms with Gasteiger partial charge in [-0.1, -0.05) is 23.7 Å². The van der Waals surface area contributed by atoms with E-state index >= 15 is 0 Å². The summed E-state index contributed by atoms with van der Waals surface area (Å²) in [6, 6.07) is 7.63. The van der Waals surface area contributed by atoms with E-state index < -0.39 is 17.2 Å². The van der Waals surface area contributed by atoms with Crippen LogP contribution in [0, 0.1) is 0 Å². The second-order valence-corrected chi connectivity index (χ2v) is 7.86. The molecule has 1 rings (SSSR count). The molecule has 0 aliphatic heterocycles. The normalized spacial score (nSPS) is 12.5. The molecule has 0 aliphatic carbocycles. The molecule has 0 bridgehead atoms. The number of benzene rings is 1. The number of hydrogen-bond acceptors (Lipinski definition) is 3. The molecule has 0 atom stereocenters. The maximum Gasteiger partial charge on any atom is 0.408 e. The average molecular weight is 369 g/mol. The third kappa shape index (κ3) is 9.19. The van der Waals surface area contributed by atoms with Crippen LogP contribution in [0.15, 0.2) is 29.3 Å². The molecule has 0 radical (unpaired) electrons. The van der Waals surface area contributed by atoms with Crippen LogP contribution in [-0.2, 0) is 11.3 Å². The van der Waals surface area contributed by atoms with Crippen LogP contribution >= 0.6 is 11.6 Å². The van der Waals surface area contributed by atoms with E-state index in [4.69, 9.17) is 16.3 Å². The van der Waals surface area contributed by atoms with Gasteiger partial charge in [0.1, 0.15) is 5.60 Å². The smallest absolute Gasteiger partial charge is 0.408 e. The molecule has 0 unspecified atom stereocenters. The average Bonchev–Trinajstić information content (AvgIpc) is 2.44. The molecule has 0 saturated carbocycles. The number of amides is 1. The molecule has 3 N–H and O–H groups in total. The van der Waals surface area contributed by atoms with Crippen molar-refractivity contribution in [2.24, 2.45) is 4.99 Å². The first-order chi connectivity index (χ1) is 11.5. The van der Waals surface area contributed by atoms with E-state index in [1.807, 2.05) is 58.9 Å². The van der Waals surface area contributed by atoms with Gasteiger partial charge in [0.15, 0.2) is 5.96 Å². The molecule has 1 aromatic carbocycles. The van der Waals surface area contributed by atoms with Gasteiger partial charge >= 0.3 is 6.09 Å². The third-order valence-electron chi connectivity index (χ3n) is 3.11. The van der Waals surface area contributed by atoms with Gasteiger partial charge < -0.3 is 20.7 Å². The van der Waals surface area contributed by atoms with Gasteiger partial charge in [0, 0.05) is 25.2 Å². The highest BCUT2D eigenvalue weighted by atomic mass is 35.5. The fraction of sp³-hybridized carbons (Fsp3) is 0.556. The minimum atomic E-state index is -0.526. The number of aliphatic imine (C=N–C) groups is 1. The van der Waals surface area contributed by atoms with Crippen LogP contribution in [-0.4, -0.2) is 36.8 Å². The first kappa shape index (κ1) is 21.1. The Hall–Kier alpha value is -1.95. The molecular weight excluding hydrogens is 340 g/mol. The standard InChI is InChI=1S/C18H29ClN4O2/c1-17(2,3)25-16(24)23-18(4,5)12-22-15(20-6)21-11-13-8-7-9-14(19)10-13/h7-10H,11-12H2,1-6H3,(H,23,24)(H2,20,21,22). The maximum absolute atomic E-state index is 11.9. The number of rotatable bonds is 5. The second-order valence-electron chi connectivity index (χ2n) is 7.42. The van der Waals surface area contributed by atoms with Crippen molar-refractivity contribution in [3.8, 4) is 0 Å². The molecule has 0 fully saturated rings. The zero-order valence-electron chi connectivity index (χ0n) is 15.9. The van der Waals surface area contributed by atoms with Crippen molar-refractivity contribution in [3.05, 3.63) is 34.9 Å². The van der Waals surface area contributed by atoms with Crippen LogP contribution in [0.4, 0.5) is 4.79 Å². The van der Waals surface area contributed by atoms with Crippen molar-refractivity contribution >= 4 is 23.7 Å². The largest absolute Gasteiger partial charge is 0.444 e. The topological polar surface area (TPSA) is 74.8 Å². The third-order valence-corrected chi connectivity index (χ3v) is 3.34. The monoisotopic (exact) mass is 368 g/mol. The van der Waals surface area contributed by atoms with Crippen molar-refractivity contribution in [1.82, 2.24) is 16.0 Å². The highest BCUT2D eigenvalue weighted by Gasteiger charge is 2.24. The molecule has 0 aromatic heterocycles.